The third-order valence-electron chi connectivity index (χ3n) is 3.20. The zero-order chi connectivity index (χ0) is 15.7. The van der Waals surface area contributed by atoms with Gasteiger partial charge in [-0.25, -0.2) is 9.59 Å². The molecule has 0 fully saturated rings. The van der Waals surface area contributed by atoms with Gasteiger partial charge in [0.2, 0.25) is 0 Å². The normalized spacial score (nSPS) is 11.7. The Balaban J connectivity index is 2.52. The minimum atomic E-state index is -1.00. The van der Waals surface area contributed by atoms with Crippen molar-refractivity contribution in [2.24, 2.45) is 0 Å². The molecule has 0 aromatic heterocycles. The Kier molecular flexibility index (Phi) is 7.29. The molecule has 116 valence electrons. The topological polar surface area (TPSA) is 78.4 Å². The predicted molar refractivity (Wildman–Crippen MR) is 83.5 cm³/mol. The monoisotopic (exact) mass is 292 g/mol. The van der Waals surface area contributed by atoms with E-state index < -0.39 is 18.0 Å². The van der Waals surface area contributed by atoms with Gasteiger partial charge in [-0.1, -0.05) is 45.2 Å². The standard InChI is InChI=1S/C16H24N2O3/c1-3-5-7-14(15(19)20)18-16(21)17-13-10-8-12(6-4-2)9-11-13/h8-11,14H,3-7H2,1-2H3,(H,19,20)(H2,17,18,21)/t14-/m0/s1. The molecule has 3 N–H and O–H groups in total. The summed E-state index contributed by atoms with van der Waals surface area (Å²) in [5.41, 5.74) is 1.88. The molecule has 0 spiro atoms. The Labute approximate surface area is 125 Å². The van der Waals surface area contributed by atoms with Gasteiger partial charge in [0.15, 0.2) is 0 Å². The number of carbonyl (C=O) groups is 2. The number of carbonyl (C=O) groups excluding carboxylic acids is 1. The van der Waals surface area contributed by atoms with Crippen molar-refractivity contribution in [1.29, 1.82) is 0 Å². The van der Waals surface area contributed by atoms with Crippen LogP contribution in [0, 0.1) is 0 Å². The lowest BCUT2D eigenvalue weighted by atomic mass is 10.1. The largest absolute Gasteiger partial charge is 0.480 e. The molecule has 0 heterocycles. The fraction of sp³-hybridized carbons (Fsp3) is 0.500. The molecule has 1 aromatic rings. The molecular weight excluding hydrogens is 268 g/mol. The van der Waals surface area contributed by atoms with Crippen LogP contribution < -0.4 is 10.6 Å². The maximum absolute atomic E-state index is 11.8. The number of amides is 2. The van der Waals surface area contributed by atoms with Gasteiger partial charge in [-0.3, -0.25) is 0 Å². The van der Waals surface area contributed by atoms with Crippen LogP contribution in [0.3, 0.4) is 0 Å². The molecule has 0 radical (unpaired) electrons. The molecule has 1 aromatic carbocycles. The highest BCUT2D eigenvalue weighted by Gasteiger charge is 2.18. The summed E-state index contributed by atoms with van der Waals surface area (Å²) in [5, 5.41) is 14.2. The van der Waals surface area contributed by atoms with Crippen molar-refractivity contribution in [3.05, 3.63) is 29.8 Å². The van der Waals surface area contributed by atoms with Gasteiger partial charge in [-0.2, -0.15) is 0 Å². The Morgan fingerprint density at radius 2 is 1.81 bits per heavy atom. The van der Waals surface area contributed by atoms with Crippen LogP contribution in [0.4, 0.5) is 10.5 Å². The molecule has 0 saturated heterocycles. The van der Waals surface area contributed by atoms with Crippen LogP contribution in [0.25, 0.3) is 0 Å². The number of anilines is 1. The number of aliphatic carboxylic acids is 1. The molecule has 0 saturated carbocycles. The maximum atomic E-state index is 11.8. The fourth-order valence-electron chi connectivity index (χ4n) is 2.03. The molecule has 0 bridgehead atoms. The van der Waals surface area contributed by atoms with E-state index in [4.69, 9.17) is 5.11 Å². The molecule has 0 aliphatic carbocycles. The SMILES string of the molecule is CCCC[C@H](NC(=O)Nc1ccc(CCC)cc1)C(=O)O. The average molecular weight is 292 g/mol. The first-order chi connectivity index (χ1) is 10.1. The first kappa shape index (κ1) is 17.0. The number of nitrogens with one attached hydrogen (secondary N) is 2. The zero-order valence-corrected chi connectivity index (χ0v) is 12.7. The second-order valence-electron chi connectivity index (χ2n) is 5.08. The smallest absolute Gasteiger partial charge is 0.326 e. The first-order valence-corrected chi connectivity index (χ1v) is 7.46. The Morgan fingerprint density at radius 1 is 1.14 bits per heavy atom. The van der Waals surface area contributed by atoms with E-state index in [0.717, 1.165) is 25.7 Å². The lowest BCUT2D eigenvalue weighted by Gasteiger charge is -2.15. The van der Waals surface area contributed by atoms with E-state index in [1.165, 1.54) is 5.56 Å². The van der Waals surface area contributed by atoms with Crippen LogP contribution >= 0.6 is 0 Å². The summed E-state index contributed by atoms with van der Waals surface area (Å²) in [4.78, 5) is 22.9. The number of carboxylic acids is 1. The van der Waals surface area contributed by atoms with Crippen molar-refractivity contribution in [3.8, 4) is 0 Å². The molecule has 1 atom stereocenters. The highest BCUT2D eigenvalue weighted by Crippen LogP contribution is 2.11. The van der Waals surface area contributed by atoms with Gasteiger partial charge in [0.25, 0.3) is 0 Å². The number of carboxylic acid groups (broad SMARTS) is 1. The van der Waals surface area contributed by atoms with E-state index in [1.807, 2.05) is 31.2 Å². The van der Waals surface area contributed by atoms with Crippen LogP contribution in [-0.4, -0.2) is 23.1 Å². The van der Waals surface area contributed by atoms with Gasteiger partial charge in [-0.05, 0) is 30.5 Å². The molecule has 5 nitrogen and oxygen atoms in total. The summed E-state index contributed by atoms with van der Waals surface area (Å²) in [5.74, 6) is -1.00. The second kappa shape index (κ2) is 9.00. The molecule has 2 amide bonds. The van der Waals surface area contributed by atoms with Crippen LogP contribution in [0.2, 0.25) is 0 Å². The lowest BCUT2D eigenvalue weighted by molar-refractivity contribution is -0.139. The Hall–Kier alpha value is -2.04. The average Bonchev–Trinajstić information content (AvgIpc) is 2.45. The summed E-state index contributed by atoms with van der Waals surface area (Å²) >= 11 is 0. The quantitative estimate of drug-likeness (QED) is 0.687. The van der Waals surface area contributed by atoms with E-state index in [9.17, 15) is 9.59 Å². The number of hydrogen-bond donors (Lipinski definition) is 3. The third-order valence-corrected chi connectivity index (χ3v) is 3.20. The summed E-state index contributed by atoms with van der Waals surface area (Å²) in [7, 11) is 0. The van der Waals surface area contributed by atoms with Crippen LogP contribution in [0.15, 0.2) is 24.3 Å². The van der Waals surface area contributed by atoms with Gasteiger partial charge in [0, 0.05) is 5.69 Å². The number of aryl methyl sites for hydroxylation is 1. The maximum Gasteiger partial charge on any atom is 0.326 e. The zero-order valence-electron chi connectivity index (χ0n) is 12.7. The summed E-state index contributed by atoms with van der Waals surface area (Å²) in [6, 6.07) is 6.25. The predicted octanol–water partition coefficient (Wildman–Crippen LogP) is 3.40. The van der Waals surface area contributed by atoms with Gasteiger partial charge in [0.1, 0.15) is 6.04 Å². The van der Waals surface area contributed by atoms with Gasteiger partial charge in [0.05, 0.1) is 0 Å². The summed E-state index contributed by atoms with van der Waals surface area (Å²) in [6.07, 6.45) is 4.18. The first-order valence-electron chi connectivity index (χ1n) is 7.46. The number of hydrogen-bond acceptors (Lipinski definition) is 2. The third kappa shape index (κ3) is 6.29. The highest BCUT2D eigenvalue weighted by atomic mass is 16.4. The number of urea groups is 1. The van der Waals surface area contributed by atoms with E-state index in [0.29, 0.717) is 12.1 Å². The van der Waals surface area contributed by atoms with Crippen molar-refractivity contribution in [1.82, 2.24) is 5.32 Å². The molecule has 21 heavy (non-hydrogen) atoms. The van der Waals surface area contributed by atoms with E-state index >= 15 is 0 Å². The number of unbranched alkanes of at least 4 members (excludes halogenated alkanes) is 1. The van der Waals surface area contributed by atoms with Gasteiger partial charge < -0.3 is 15.7 Å². The Morgan fingerprint density at radius 3 is 2.33 bits per heavy atom. The van der Waals surface area contributed by atoms with Crippen molar-refractivity contribution in [2.75, 3.05) is 5.32 Å². The lowest BCUT2D eigenvalue weighted by Crippen LogP contribution is -2.42. The van der Waals surface area contributed by atoms with Crippen molar-refractivity contribution >= 4 is 17.7 Å². The molecule has 1 rings (SSSR count). The Bertz CT molecular complexity index is 457. The van der Waals surface area contributed by atoms with Gasteiger partial charge in [-0.15, -0.1) is 0 Å². The van der Waals surface area contributed by atoms with Crippen LogP contribution in [0.5, 0.6) is 0 Å². The van der Waals surface area contributed by atoms with Gasteiger partial charge >= 0.3 is 12.0 Å². The minimum absolute atomic E-state index is 0.439. The van der Waals surface area contributed by atoms with E-state index in [-0.39, 0.29) is 0 Å². The van der Waals surface area contributed by atoms with Crippen molar-refractivity contribution < 1.29 is 14.7 Å². The van der Waals surface area contributed by atoms with E-state index in [1.54, 1.807) is 0 Å². The minimum Gasteiger partial charge on any atom is -0.480 e. The number of benzene rings is 1. The molecule has 0 unspecified atom stereocenters. The number of rotatable bonds is 8. The molecule has 5 heteroatoms. The van der Waals surface area contributed by atoms with Crippen molar-refractivity contribution in [2.45, 2.75) is 52.0 Å². The van der Waals surface area contributed by atoms with E-state index in [2.05, 4.69) is 17.6 Å². The molecular formula is C16H24N2O3. The highest BCUT2D eigenvalue weighted by molar-refractivity contribution is 5.92. The van der Waals surface area contributed by atoms with Crippen LogP contribution in [0.1, 0.15) is 45.1 Å². The summed E-state index contributed by atoms with van der Waals surface area (Å²) in [6.45, 7) is 4.10. The summed E-state index contributed by atoms with van der Waals surface area (Å²) < 4.78 is 0. The second-order valence-corrected chi connectivity index (χ2v) is 5.08. The van der Waals surface area contributed by atoms with Crippen molar-refractivity contribution in [3.63, 3.8) is 0 Å². The molecule has 0 aliphatic rings. The molecule has 0 aliphatic heterocycles. The van der Waals surface area contributed by atoms with Crippen LogP contribution in [-0.2, 0) is 11.2 Å². The fourth-order valence-corrected chi connectivity index (χ4v) is 2.03.